The molecule has 0 N–H and O–H groups in total. The molecule has 1 aliphatic heterocycles. The Kier molecular flexibility index (Phi) is 3.91. The van der Waals surface area contributed by atoms with Crippen LogP contribution in [-0.4, -0.2) is 24.1 Å². The first-order chi connectivity index (χ1) is 8.61. The maximum Gasteiger partial charge on any atom is 0.325 e. The zero-order valence-electron chi connectivity index (χ0n) is 10.1. The summed E-state index contributed by atoms with van der Waals surface area (Å²) in [4.78, 5) is 14.0. The van der Waals surface area contributed by atoms with Gasteiger partial charge in [0.1, 0.15) is 12.4 Å². The lowest BCUT2D eigenvalue weighted by Crippen LogP contribution is -2.38. The van der Waals surface area contributed by atoms with Crippen molar-refractivity contribution >= 4 is 28.9 Å². The standard InChI is InChI=1S/C13H14FNO2S/c1-2-17-13(16)8-15-11-5-4-10(14)7-9(11)3-6-12(15)18/h4-5,7H,2-3,6,8H2,1H3. The number of fused-ring (bicyclic) bond motifs is 1. The largest absolute Gasteiger partial charge is 0.465 e. The van der Waals surface area contributed by atoms with Gasteiger partial charge in [-0.2, -0.15) is 0 Å². The number of carbonyl (C=O) groups excluding carboxylic acids is 1. The van der Waals surface area contributed by atoms with Gasteiger partial charge in [0, 0.05) is 12.1 Å². The minimum absolute atomic E-state index is 0.0886. The van der Waals surface area contributed by atoms with Crippen LogP contribution >= 0.6 is 12.2 Å². The van der Waals surface area contributed by atoms with Crippen molar-refractivity contribution in [2.45, 2.75) is 19.8 Å². The average Bonchev–Trinajstić information content (AvgIpc) is 2.33. The summed E-state index contributed by atoms with van der Waals surface area (Å²) >= 11 is 5.26. The molecule has 1 aromatic carbocycles. The van der Waals surface area contributed by atoms with Crippen LogP contribution in [0.3, 0.4) is 0 Å². The van der Waals surface area contributed by atoms with Crippen molar-refractivity contribution in [3.05, 3.63) is 29.6 Å². The second-order valence-electron chi connectivity index (χ2n) is 4.06. The molecular formula is C13H14FNO2S. The number of hydrogen-bond donors (Lipinski definition) is 0. The first kappa shape index (κ1) is 13.0. The molecule has 0 amide bonds. The Hall–Kier alpha value is -1.49. The second kappa shape index (κ2) is 5.44. The Balaban J connectivity index is 2.25. The fourth-order valence-corrected chi connectivity index (χ4v) is 2.30. The Bertz CT molecular complexity index is 490. The number of hydrogen-bond acceptors (Lipinski definition) is 3. The van der Waals surface area contributed by atoms with E-state index in [4.69, 9.17) is 17.0 Å². The highest BCUT2D eigenvalue weighted by Gasteiger charge is 2.24. The molecule has 0 unspecified atom stereocenters. The van der Waals surface area contributed by atoms with E-state index >= 15 is 0 Å². The topological polar surface area (TPSA) is 29.5 Å². The summed E-state index contributed by atoms with van der Waals surface area (Å²) in [5, 5.41) is 0. The number of carbonyl (C=O) groups is 1. The Morgan fingerprint density at radius 3 is 3.00 bits per heavy atom. The van der Waals surface area contributed by atoms with E-state index in [0.717, 1.165) is 11.3 Å². The normalized spacial score (nSPS) is 14.3. The molecule has 3 nitrogen and oxygen atoms in total. The molecule has 0 aliphatic carbocycles. The Morgan fingerprint density at radius 1 is 1.50 bits per heavy atom. The Morgan fingerprint density at radius 2 is 2.28 bits per heavy atom. The number of esters is 1. The third kappa shape index (κ3) is 2.67. The molecule has 18 heavy (non-hydrogen) atoms. The molecule has 0 bridgehead atoms. The first-order valence-electron chi connectivity index (χ1n) is 5.86. The number of nitrogens with zero attached hydrogens (tertiary/aromatic N) is 1. The molecule has 0 fully saturated rings. The van der Waals surface area contributed by atoms with Gasteiger partial charge in [-0.25, -0.2) is 4.39 Å². The molecule has 1 aliphatic rings. The first-order valence-corrected chi connectivity index (χ1v) is 6.27. The number of halogens is 1. The molecule has 5 heteroatoms. The maximum absolute atomic E-state index is 13.2. The van der Waals surface area contributed by atoms with Crippen molar-refractivity contribution in [2.75, 3.05) is 18.1 Å². The third-order valence-corrected chi connectivity index (χ3v) is 3.26. The van der Waals surface area contributed by atoms with E-state index < -0.39 is 0 Å². The molecule has 1 heterocycles. The van der Waals surface area contributed by atoms with Crippen molar-refractivity contribution in [1.82, 2.24) is 0 Å². The summed E-state index contributed by atoms with van der Waals surface area (Å²) in [5.41, 5.74) is 1.69. The number of thiocarbonyl (C=S) groups is 1. The van der Waals surface area contributed by atoms with Gasteiger partial charge in [0.05, 0.1) is 11.6 Å². The zero-order chi connectivity index (χ0) is 13.1. The van der Waals surface area contributed by atoms with Crippen LogP contribution in [0.25, 0.3) is 0 Å². The van der Waals surface area contributed by atoms with Crippen molar-refractivity contribution in [2.24, 2.45) is 0 Å². The second-order valence-corrected chi connectivity index (χ2v) is 4.53. The van der Waals surface area contributed by atoms with E-state index in [1.807, 2.05) is 0 Å². The molecule has 0 aromatic heterocycles. The monoisotopic (exact) mass is 267 g/mol. The van der Waals surface area contributed by atoms with Crippen LogP contribution in [0.5, 0.6) is 0 Å². The lowest BCUT2D eigenvalue weighted by molar-refractivity contribution is -0.141. The highest BCUT2D eigenvalue weighted by atomic mass is 32.1. The van der Waals surface area contributed by atoms with Crippen molar-refractivity contribution < 1.29 is 13.9 Å². The minimum atomic E-state index is -0.322. The number of rotatable bonds is 3. The summed E-state index contributed by atoms with van der Waals surface area (Å²) < 4.78 is 18.1. The van der Waals surface area contributed by atoms with E-state index in [0.29, 0.717) is 24.4 Å². The molecule has 96 valence electrons. The summed E-state index contributed by atoms with van der Waals surface area (Å²) in [6, 6.07) is 4.54. The molecule has 0 spiro atoms. The summed E-state index contributed by atoms with van der Waals surface area (Å²) in [7, 11) is 0. The predicted octanol–water partition coefficient (Wildman–Crippen LogP) is 2.47. The summed E-state index contributed by atoms with van der Waals surface area (Å²) in [6.45, 7) is 2.19. The minimum Gasteiger partial charge on any atom is -0.465 e. The van der Waals surface area contributed by atoms with Crippen LogP contribution in [0, 0.1) is 5.82 Å². The van der Waals surface area contributed by atoms with Gasteiger partial charge in [-0.1, -0.05) is 12.2 Å². The van der Waals surface area contributed by atoms with Gasteiger partial charge in [0.2, 0.25) is 0 Å². The van der Waals surface area contributed by atoms with Gasteiger partial charge in [-0.05, 0) is 37.1 Å². The SMILES string of the molecule is CCOC(=O)CN1C(=S)CCc2cc(F)ccc21. The zero-order valence-corrected chi connectivity index (χ0v) is 10.9. The number of benzene rings is 1. The van der Waals surface area contributed by atoms with Gasteiger partial charge in [-0.3, -0.25) is 4.79 Å². The summed E-state index contributed by atoms with van der Waals surface area (Å²) in [5.74, 6) is -0.588. The number of anilines is 1. The number of ether oxygens (including phenoxy) is 1. The fraction of sp³-hybridized carbons (Fsp3) is 0.385. The Labute approximate surface area is 111 Å². The van der Waals surface area contributed by atoms with Crippen LogP contribution in [0.4, 0.5) is 10.1 Å². The summed E-state index contributed by atoms with van der Waals surface area (Å²) in [6.07, 6.45) is 1.37. The van der Waals surface area contributed by atoms with Crippen molar-refractivity contribution in [3.8, 4) is 0 Å². The highest BCUT2D eigenvalue weighted by Crippen LogP contribution is 2.28. The lowest BCUT2D eigenvalue weighted by atomic mass is 10.0. The van der Waals surface area contributed by atoms with Crippen LogP contribution in [0.1, 0.15) is 18.9 Å². The molecule has 1 aromatic rings. The van der Waals surface area contributed by atoms with Gasteiger partial charge < -0.3 is 9.64 Å². The third-order valence-electron chi connectivity index (χ3n) is 2.83. The van der Waals surface area contributed by atoms with Gasteiger partial charge in [-0.15, -0.1) is 0 Å². The van der Waals surface area contributed by atoms with Crippen molar-refractivity contribution in [3.63, 3.8) is 0 Å². The van der Waals surface area contributed by atoms with Crippen LogP contribution in [0.2, 0.25) is 0 Å². The van der Waals surface area contributed by atoms with E-state index in [1.165, 1.54) is 12.1 Å². The predicted molar refractivity (Wildman–Crippen MR) is 71.3 cm³/mol. The van der Waals surface area contributed by atoms with E-state index in [2.05, 4.69) is 0 Å². The molecule has 0 saturated carbocycles. The molecule has 2 rings (SSSR count). The number of aryl methyl sites for hydroxylation is 1. The van der Waals surface area contributed by atoms with Crippen molar-refractivity contribution in [1.29, 1.82) is 0 Å². The van der Waals surface area contributed by atoms with Crippen LogP contribution < -0.4 is 4.90 Å². The van der Waals surface area contributed by atoms with Crippen LogP contribution in [0.15, 0.2) is 18.2 Å². The molecule has 0 radical (unpaired) electrons. The molecular weight excluding hydrogens is 253 g/mol. The quantitative estimate of drug-likeness (QED) is 0.621. The van der Waals surface area contributed by atoms with Gasteiger partial charge >= 0.3 is 5.97 Å². The van der Waals surface area contributed by atoms with Crippen LogP contribution in [-0.2, 0) is 16.0 Å². The van der Waals surface area contributed by atoms with E-state index in [-0.39, 0.29) is 18.3 Å². The fourth-order valence-electron chi connectivity index (χ4n) is 2.04. The van der Waals surface area contributed by atoms with E-state index in [1.54, 1.807) is 17.9 Å². The van der Waals surface area contributed by atoms with Gasteiger partial charge in [0.25, 0.3) is 0 Å². The smallest absolute Gasteiger partial charge is 0.325 e. The highest BCUT2D eigenvalue weighted by molar-refractivity contribution is 7.80. The van der Waals surface area contributed by atoms with E-state index in [9.17, 15) is 9.18 Å². The molecule has 0 atom stereocenters. The lowest BCUT2D eigenvalue weighted by Gasteiger charge is -2.30. The maximum atomic E-state index is 13.2. The van der Waals surface area contributed by atoms with Gasteiger partial charge in [0.15, 0.2) is 0 Å². The average molecular weight is 267 g/mol. The molecule has 0 saturated heterocycles.